The second-order valence-corrected chi connectivity index (χ2v) is 11.8. The first kappa shape index (κ1) is 35.0. The van der Waals surface area contributed by atoms with E-state index >= 15 is 0 Å². The number of benzene rings is 1. The van der Waals surface area contributed by atoms with Gasteiger partial charge in [-0.05, 0) is 104 Å². The fraction of sp³-hybridized carbons (Fsp3) is 0.541. The molecule has 0 fully saturated rings. The SMILES string of the molecule is CCCCOc1c(OCC=C(C)CCC=C(C)C)c2ccc(NCC=C(C)CCC=C(C)C)cc2n(CCCC)c1=O. The second-order valence-electron chi connectivity index (χ2n) is 11.8. The number of nitrogens with zero attached hydrogens (tertiary/aromatic N) is 1. The van der Waals surface area contributed by atoms with Gasteiger partial charge in [0.2, 0.25) is 5.75 Å². The molecule has 0 aliphatic rings. The Morgan fingerprint density at radius 3 is 2.07 bits per heavy atom. The minimum Gasteiger partial charge on any atom is -0.485 e. The van der Waals surface area contributed by atoms with E-state index in [0.717, 1.165) is 74.5 Å². The molecule has 0 bridgehead atoms. The molecule has 0 aliphatic carbocycles. The van der Waals surface area contributed by atoms with Crippen LogP contribution >= 0.6 is 0 Å². The molecule has 0 aliphatic heterocycles. The summed E-state index contributed by atoms with van der Waals surface area (Å²) in [4.78, 5) is 13.9. The number of fused-ring (bicyclic) bond motifs is 1. The first-order valence-corrected chi connectivity index (χ1v) is 16.0. The Hall–Kier alpha value is -3.21. The number of ether oxygens (including phenoxy) is 2. The summed E-state index contributed by atoms with van der Waals surface area (Å²) in [5, 5.41) is 4.45. The third kappa shape index (κ3) is 12.0. The Morgan fingerprint density at radius 2 is 1.45 bits per heavy atom. The molecule has 0 atom stereocenters. The van der Waals surface area contributed by atoms with Crippen molar-refractivity contribution in [1.82, 2.24) is 4.57 Å². The van der Waals surface area contributed by atoms with E-state index in [-0.39, 0.29) is 5.56 Å². The van der Waals surface area contributed by atoms with Crippen LogP contribution in [-0.4, -0.2) is 24.3 Å². The van der Waals surface area contributed by atoms with E-state index in [2.05, 4.69) is 103 Å². The molecular weight excluding hydrogens is 520 g/mol. The summed E-state index contributed by atoms with van der Waals surface area (Å²) in [6.45, 7) is 19.4. The van der Waals surface area contributed by atoms with Gasteiger partial charge in [0, 0.05) is 24.2 Å². The summed E-state index contributed by atoms with van der Waals surface area (Å²) in [5.41, 5.74) is 7.10. The Kier molecular flexibility index (Phi) is 15.9. The lowest BCUT2D eigenvalue weighted by molar-refractivity contribution is 0.274. The molecule has 5 nitrogen and oxygen atoms in total. The first-order valence-electron chi connectivity index (χ1n) is 16.0. The first-order chi connectivity index (χ1) is 20.2. The van der Waals surface area contributed by atoms with Gasteiger partial charge in [0.15, 0.2) is 5.75 Å². The number of hydrogen-bond donors (Lipinski definition) is 1. The number of allylic oxidation sites excluding steroid dienone is 6. The maximum Gasteiger partial charge on any atom is 0.297 e. The lowest BCUT2D eigenvalue weighted by atomic mass is 10.1. The van der Waals surface area contributed by atoms with E-state index < -0.39 is 0 Å². The molecular formula is C37H56N2O3. The molecule has 1 aromatic heterocycles. The predicted molar refractivity (Wildman–Crippen MR) is 182 cm³/mol. The van der Waals surface area contributed by atoms with Crippen LogP contribution in [0.1, 0.15) is 107 Å². The quantitative estimate of drug-likeness (QED) is 0.133. The van der Waals surface area contributed by atoms with Crippen LogP contribution in [0.2, 0.25) is 0 Å². The molecule has 2 aromatic rings. The third-order valence-corrected chi connectivity index (χ3v) is 7.26. The van der Waals surface area contributed by atoms with Gasteiger partial charge in [-0.25, -0.2) is 0 Å². The van der Waals surface area contributed by atoms with Gasteiger partial charge >= 0.3 is 0 Å². The van der Waals surface area contributed by atoms with E-state index in [1.165, 1.54) is 22.3 Å². The van der Waals surface area contributed by atoms with Crippen LogP contribution in [0, 0.1) is 0 Å². The summed E-state index contributed by atoms with van der Waals surface area (Å²) in [5.74, 6) is 0.882. The summed E-state index contributed by atoms with van der Waals surface area (Å²) in [6.07, 6.45) is 16.9. The number of hydrogen-bond acceptors (Lipinski definition) is 4. The van der Waals surface area contributed by atoms with Crippen molar-refractivity contribution in [3.05, 3.63) is 75.1 Å². The van der Waals surface area contributed by atoms with Gasteiger partial charge in [-0.15, -0.1) is 0 Å². The normalized spacial score (nSPS) is 11.9. The van der Waals surface area contributed by atoms with Crippen LogP contribution in [0.4, 0.5) is 5.69 Å². The van der Waals surface area contributed by atoms with E-state index in [0.29, 0.717) is 31.3 Å². The number of aromatic nitrogens is 1. The standard InChI is InChI=1S/C37H56N2O3/c1-9-11-24-39-34-27-32(38-23-21-30(7)17-13-15-28(3)4)19-20-33(34)35(36(37(39)40)41-25-12-10-2)42-26-22-31(8)18-14-16-29(5)6/h15-16,19-22,27,38H,9-14,17-18,23-26H2,1-8H3. The molecule has 0 saturated heterocycles. The fourth-order valence-electron chi connectivity index (χ4n) is 4.63. The smallest absolute Gasteiger partial charge is 0.297 e. The van der Waals surface area contributed by atoms with E-state index in [9.17, 15) is 4.79 Å². The molecule has 0 amide bonds. The molecule has 2 rings (SSSR count). The van der Waals surface area contributed by atoms with Gasteiger partial charge in [-0.2, -0.15) is 0 Å². The van der Waals surface area contributed by atoms with Crippen LogP contribution in [0.5, 0.6) is 11.5 Å². The Morgan fingerprint density at radius 1 is 0.810 bits per heavy atom. The molecule has 0 spiro atoms. The highest BCUT2D eigenvalue weighted by molar-refractivity contribution is 5.90. The highest BCUT2D eigenvalue weighted by atomic mass is 16.5. The Balaban J connectivity index is 2.42. The number of pyridine rings is 1. The second kappa shape index (κ2) is 19.1. The van der Waals surface area contributed by atoms with Crippen molar-refractivity contribution in [2.75, 3.05) is 25.1 Å². The van der Waals surface area contributed by atoms with Gasteiger partial charge in [0.05, 0.1) is 12.1 Å². The van der Waals surface area contributed by atoms with Crippen molar-refractivity contribution < 1.29 is 9.47 Å². The minimum atomic E-state index is -0.113. The highest BCUT2D eigenvalue weighted by Gasteiger charge is 2.20. The van der Waals surface area contributed by atoms with Crippen molar-refractivity contribution in [2.24, 2.45) is 0 Å². The minimum absolute atomic E-state index is 0.113. The van der Waals surface area contributed by atoms with Gasteiger partial charge < -0.3 is 19.4 Å². The monoisotopic (exact) mass is 576 g/mol. The van der Waals surface area contributed by atoms with Crippen molar-refractivity contribution in [3.63, 3.8) is 0 Å². The number of nitrogens with one attached hydrogen (secondary N) is 1. The van der Waals surface area contributed by atoms with Crippen molar-refractivity contribution >= 4 is 16.6 Å². The molecule has 232 valence electrons. The largest absolute Gasteiger partial charge is 0.485 e. The average molecular weight is 577 g/mol. The zero-order valence-corrected chi connectivity index (χ0v) is 27.7. The summed E-state index contributed by atoms with van der Waals surface area (Å²) >= 11 is 0. The number of rotatable bonds is 19. The molecule has 1 heterocycles. The number of unbranched alkanes of at least 4 members (excludes halogenated alkanes) is 2. The third-order valence-electron chi connectivity index (χ3n) is 7.26. The zero-order valence-electron chi connectivity index (χ0n) is 27.7. The Bertz CT molecular complexity index is 1300. The van der Waals surface area contributed by atoms with E-state index in [1.807, 2.05) is 4.57 Å². The molecule has 0 unspecified atom stereocenters. The highest BCUT2D eigenvalue weighted by Crippen LogP contribution is 2.35. The van der Waals surface area contributed by atoms with E-state index in [1.54, 1.807) is 0 Å². The molecule has 1 aromatic carbocycles. The average Bonchev–Trinajstić information content (AvgIpc) is 2.93. The van der Waals surface area contributed by atoms with Gasteiger partial charge in [-0.3, -0.25) is 4.79 Å². The number of anilines is 1. The molecule has 5 heteroatoms. The van der Waals surface area contributed by atoms with Gasteiger partial charge in [0.25, 0.3) is 5.56 Å². The van der Waals surface area contributed by atoms with Crippen molar-refractivity contribution in [2.45, 2.75) is 113 Å². The van der Waals surface area contributed by atoms with Gasteiger partial charge in [0.1, 0.15) is 6.61 Å². The predicted octanol–water partition coefficient (Wildman–Crippen LogP) is 10.2. The zero-order chi connectivity index (χ0) is 30.9. The summed E-state index contributed by atoms with van der Waals surface area (Å²) in [7, 11) is 0. The van der Waals surface area contributed by atoms with Gasteiger partial charge in [-0.1, -0.05) is 67.2 Å². The van der Waals surface area contributed by atoms with Crippen molar-refractivity contribution in [3.8, 4) is 11.5 Å². The van der Waals surface area contributed by atoms with Crippen LogP contribution in [0.3, 0.4) is 0 Å². The van der Waals surface area contributed by atoms with Crippen molar-refractivity contribution in [1.29, 1.82) is 0 Å². The molecule has 0 radical (unpaired) electrons. The number of aryl methyl sites for hydroxylation is 1. The molecule has 0 saturated carbocycles. The van der Waals surface area contributed by atoms with Crippen LogP contribution in [0.15, 0.2) is 69.6 Å². The Labute approximate surface area is 255 Å². The summed E-state index contributed by atoms with van der Waals surface area (Å²) in [6, 6.07) is 6.23. The van der Waals surface area contributed by atoms with Crippen LogP contribution in [0.25, 0.3) is 10.9 Å². The fourth-order valence-corrected chi connectivity index (χ4v) is 4.63. The maximum atomic E-state index is 13.9. The molecule has 1 N–H and O–H groups in total. The summed E-state index contributed by atoms with van der Waals surface area (Å²) < 4.78 is 14.4. The van der Waals surface area contributed by atoms with Crippen LogP contribution in [-0.2, 0) is 6.54 Å². The lowest BCUT2D eigenvalue weighted by Gasteiger charge is -2.19. The maximum absolute atomic E-state index is 13.9. The van der Waals surface area contributed by atoms with E-state index in [4.69, 9.17) is 9.47 Å². The topological polar surface area (TPSA) is 52.5 Å². The van der Waals surface area contributed by atoms with Crippen LogP contribution < -0.4 is 20.3 Å². The lowest BCUT2D eigenvalue weighted by Crippen LogP contribution is -2.24. The molecule has 42 heavy (non-hydrogen) atoms.